The number of carbonyl (C=O) groups is 2. The molecular formula is C13H9ClF3N3O4S2. The smallest absolute Gasteiger partial charge is 0.422 e. The number of hydrogen-bond acceptors (Lipinski definition) is 7. The van der Waals surface area contributed by atoms with Gasteiger partial charge in [0, 0.05) is 6.20 Å². The number of ether oxygens (including phenoxy) is 1. The molecule has 26 heavy (non-hydrogen) atoms. The summed E-state index contributed by atoms with van der Waals surface area (Å²) in [5.74, 6) is -3.51. The molecule has 7 nitrogen and oxygen atoms in total. The Balaban J connectivity index is 1.97. The van der Waals surface area contributed by atoms with Crippen LogP contribution in [0.4, 0.5) is 13.2 Å². The van der Waals surface area contributed by atoms with Crippen LogP contribution in [0.5, 0.6) is 5.88 Å². The van der Waals surface area contributed by atoms with Crippen LogP contribution in [0.25, 0.3) is 0 Å². The number of halogens is 4. The van der Waals surface area contributed by atoms with Crippen molar-refractivity contribution in [2.75, 3.05) is 12.4 Å². The second-order valence-corrected chi connectivity index (χ2v) is 7.86. The lowest BCUT2D eigenvalue weighted by Gasteiger charge is -2.10. The molecule has 140 valence electrons. The SMILES string of the molecule is C[n+]1c([O-])c(C(=O)C(=O)OCC(F)(F)F)n2c1SC[C@@H]2c1cnc(Cl)s1. The zero-order chi connectivity index (χ0) is 19.2. The summed E-state index contributed by atoms with van der Waals surface area (Å²) in [7, 11) is 1.40. The van der Waals surface area contributed by atoms with Crippen LogP contribution in [0, 0.1) is 0 Å². The van der Waals surface area contributed by atoms with Gasteiger partial charge >= 0.3 is 23.1 Å². The van der Waals surface area contributed by atoms with Gasteiger partial charge in [0.2, 0.25) is 5.69 Å². The van der Waals surface area contributed by atoms with Crippen LogP contribution in [0.2, 0.25) is 4.47 Å². The Morgan fingerprint density at radius 3 is 2.81 bits per heavy atom. The van der Waals surface area contributed by atoms with Gasteiger partial charge in [0.25, 0.3) is 0 Å². The molecule has 0 saturated heterocycles. The molecule has 0 unspecified atom stereocenters. The minimum Gasteiger partial charge on any atom is -0.839 e. The van der Waals surface area contributed by atoms with E-state index in [0.29, 0.717) is 15.8 Å². The number of rotatable bonds is 4. The average molecular weight is 428 g/mol. The lowest BCUT2D eigenvalue weighted by Crippen LogP contribution is -2.33. The number of ketones is 1. The third kappa shape index (κ3) is 3.40. The summed E-state index contributed by atoms with van der Waals surface area (Å²) in [4.78, 5) is 28.6. The molecule has 0 spiro atoms. The third-order valence-electron chi connectivity index (χ3n) is 3.51. The fraction of sp³-hybridized carbons (Fsp3) is 0.385. The average Bonchev–Trinajstić information content (AvgIpc) is 3.22. The monoisotopic (exact) mass is 427 g/mol. The molecule has 0 fully saturated rings. The van der Waals surface area contributed by atoms with Gasteiger partial charge in [0.1, 0.15) is 11.9 Å². The largest absolute Gasteiger partial charge is 0.839 e. The Kier molecular flexibility index (Phi) is 4.92. The van der Waals surface area contributed by atoms with Gasteiger partial charge in [0.15, 0.2) is 11.1 Å². The van der Waals surface area contributed by atoms with Crippen LogP contribution >= 0.6 is 34.7 Å². The van der Waals surface area contributed by atoms with Gasteiger partial charge in [0.05, 0.1) is 17.7 Å². The zero-order valence-corrected chi connectivity index (χ0v) is 15.3. The predicted molar refractivity (Wildman–Crippen MR) is 82.4 cm³/mol. The Labute approximate surface area is 157 Å². The molecule has 2 aromatic heterocycles. The Morgan fingerprint density at radius 1 is 1.54 bits per heavy atom. The van der Waals surface area contributed by atoms with Crippen molar-refractivity contribution in [2.24, 2.45) is 7.05 Å². The van der Waals surface area contributed by atoms with Gasteiger partial charge in [-0.3, -0.25) is 4.79 Å². The van der Waals surface area contributed by atoms with Crippen molar-refractivity contribution in [3.8, 4) is 5.88 Å². The highest BCUT2D eigenvalue weighted by atomic mass is 35.5. The van der Waals surface area contributed by atoms with Gasteiger partial charge in [-0.05, 0) is 11.8 Å². The number of hydrogen-bond donors (Lipinski definition) is 0. The number of thioether (sulfide) groups is 1. The molecule has 0 saturated carbocycles. The van der Waals surface area contributed by atoms with Crippen molar-refractivity contribution in [1.82, 2.24) is 9.55 Å². The van der Waals surface area contributed by atoms with Gasteiger partial charge in [-0.25, -0.2) is 18.9 Å². The van der Waals surface area contributed by atoms with Crippen molar-refractivity contribution < 1.29 is 37.2 Å². The molecule has 0 aromatic carbocycles. The fourth-order valence-corrected chi connectivity index (χ4v) is 4.85. The van der Waals surface area contributed by atoms with Crippen molar-refractivity contribution in [2.45, 2.75) is 17.4 Å². The summed E-state index contributed by atoms with van der Waals surface area (Å²) in [5, 5.41) is 12.8. The standard InChI is InChI=1S/C13H9ClF3N3O4S2/c1-19-9(22)7(8(21)10(23)24-4-13(15,16)17)20-5(3-25-12(19)20)6-2-18-11(14)26-6/h2,5H,3-4H2,1H3/t5-/m1/s1. The second kappa shape index (κ2) is 6.74. The maximum absolute atomic E-state index is 12.4. The summed E-state index contributed by atoms with van der Waals surface area (Å²) in [5.41, 5.74) is -0.547. The first kappa shape index (κ1) is 19.0. The molecule has 3 rings (SSSR count). The maximum atomic E-state index is 12.4. The van der Waals surface area contributed by atoms with Crippen molar-refractivity contribution in [3.05, 3.63) is 21.2 Å². The van der Waals surface area contributed by atoms with Crippen LogP contribution < -0.4 is 9.67 Å². The number of alkyl halides is 3. The molecule has 13 heteroatoms. The molecule has 0 bridgehead atoms. The predicted octanol–water partition coefficient (Wildman–Crippen LogP) is 1.48. The minimum atomic E-state index is -4.78. The van der Waals surface area contributed by atoms with Gasteiger partial charge in [-0.2, -0.15) is 13.2 Å². The van der Waals surface area contributed by atoms with E-state index in [4.69, 9.17) is 11.6 Å². The molecule has 2 aromatic rings. The van der Waals surface area contributed by atoms with Crippen LogP contribution in [-0.4, -0.2) is 39.8 Å². The van der Waals surface area contributed by atoms with E-state index in [-0.39, 0.29) is 4.47 Å². The molecule has 1 aliphatic rings. The molecule has 0 aliphatic carbocycles. The van der Waals surface area contributed by atoms with E-state index in [1.165, 1.54) is 29.6 Å². The van der Waals surface area contributed by atoms with E-state index in [1.54, 1.807) is 0 Å². The number of imidazole rings is 1. The minimum absolute atomic E-state index is 0.259. The van der Waals surface area contributed by atoms with E-state index in [2.05, 4.69) is 9.72 Å². The normalized spacial score (nSPS) is 16.6. The highest BCUT2D eigenvalue weighted by Gasteiger charge is 2.43. The molecule has 0 radical (unpaired) electrons. The van der Waals surface area contributed by atoms with Crippen molar-refractivity contribution in [1.29, 1.82) is 0 Å². The summed E-state index contributed by atoms with van der Waals surface area (Å²) >= 11 is 8.22. The van der Waals surface area contributed by atoms with E-state index < -0.39 is 42.2 Å². The third-order valence-corrected chi connectivity index (χ3v) is 5.94. The zero-order valence-electron chi connectivity index (χ0n) is 12.9. The molecule has 0 N–H and O–H groups in total. The Hall–Kier alpha value is -1.79. The van der Waals surface area contributed by atoms with Crippen LogP contribution in [0.3, 0.4) is 0 Å². The highest BCUT2D eigenvalue weighted by Crippen LogP contribution is 2.41. The first-order valence-electron chi connectivity index (χ1n) is 6.93. The second-order valence-electron chi connectivity index (χ2n) is 5.23. The van der Waals surface area contributed by atoms with Crippen LogP contribution in [-0.2, 0) is 16.6 Å². The van der Waals surface area contributed by atoms with E-state index >= 15 is 0 Å². The number of thiazole rings is 1. The Bertz CT molecular complexity index is 896. The lowest BCUT2D eigenvalue weighted by molar-refractivity contribution is -0.745. The number of esters is 1. The molecule has 1 atom stereocenters. The molecular weight excluding hydrogens is 419 g/mol. The van der Waals surface area contributed by atoms with Gasteiger partial charge in [-0.15, -0.1) is 11.3 Å². The first-order valence-corrected chi connectivity index (χ1v) is 9.11. The quantitative estimate of drug-likeness (QED) is 0.318. The number of fused-ring (bicyclic) bond motifs is 1. The van der Waals surface area contributed by atoms with Gasteiger partial charge < -0.3 is 9.84 Å². The van der Waals surface area contributed by atoms with Crippen LogP contribution in [0.15, 0.2) is 11.4 Å². The number of aromatic nitrogens is 3. The van der Waals surface area contributed by atoms with Crippen LogP contribution in [0.1, 0.15) is 21.4 Å². The highest BCUT2D eigenvalue weighted by molar-refractivity contribution is 7.99. The first-order chi connectivity index (χ1) is 12.1. The lowest BCUT2D eigenvalue weighted by atomic mass is 10.2. The topological polar surface area (TPSA) is 88.1 Å². The molecule has 0 amide bonds. The summed E-state index contributed by atoms with van der Waals surface area (Å²) in [6.07, 6.45) is -3.30. The van der Waals surface area contributed by atoms with E-state index in [1.807, 2.05) is 0 Å². The maximum Gasteiger partial charge on any atom is 0.422 e. The van der Waals surface area contributed by atoms with Crippen molar-refractivity contribution >= 4 is 46.5 Å². The molecule has 3 heterocycles. The number of carbonyl (C=O) groups excluding carboxylic acids is 2. The molecule has 1 aliphatic heterocycles. The summed E-state index contributed by atoms with van der Waals surface area (Å²) < 4.78 is 43.3. The number of Topliss-reactive ketones (excluding diaryl/α,β-unsaturated/α-hetero) is 1. The van der Waals surface area contributed by atoms with Gasteiger partial charge in [-0.1, -0.05) is 11.6 Å². The van der Waals surface area contributed by atoms with Crippen molar-refractivity contribution in [3.63, 3.8) is 0 Å². The Morgan fingerprint density at radius 2 is 2.23 bits per heavy atom. The summed E-state index contributed by atoms with van der Waals surface area (Å²) in [6.45, 7) is -1.91. The number of nitrogens with zero attached hydrogens (tertiary/aromatic N) is 3. The fourth-order valence-electron chi connectivity index (χ4n) is 2.43. The van der Waals surface area contributed by atoms with E-state index in [9.17, 15) is 27.9 Å². The van der Waals surface area contributed by atoms with E-state index in [0.717, 1.165) is 15.9 Å². The summed E-state index contributed by atoms with van der Waals surface area (Å²) in [6, 6.07) is -0.497.